The van der Waals surface area contributed by atoms with E-state index >= 15 is 0 Å². The van der Waals surface area contributed by atoms with Crippen LogP contribution >= 0.6 is 0 Å². The zero-order chi connectivity index (χ0) is 24.5. The van der Waals surface area contributed by atoms with Gasteiger partial charge in [-0.3, -0.25) is 14.4 Å². The number of nitrogens with one attached hydrogen (secondary N) is 1. The molecule has 1 aliphatic rings. The van der Waals surface area contributed by atoms with Gasteiger partial charge in [-0.1, -0.05) is 38.5 Å². The van der Waals surface area contributed by atoms with Crippen molar-refractivity contribution in [3.05, 3.63) is 59.7 Å². The summed E-state index contributed by atoms with van der Waals surface area (Å²) < 4.78 is 10.4. The van der Waals surface area contributed by atoms with Crippen LogP contribution in [-0.4, -0.2) is 43.5 Å². The van der Waals surface area contributed by atoms with E-state index in [0.29, 0.717) is 23.5 Å². The average Bonchev–Trinajstić information content (AvgIpc) is 3.24. The molecule has 1 N–H and O–H groups in total. The lowest BCUT2D eigenvalue weighted by Gasteiger charge is -2.17. The van der Waals surface area contributed by atoms with E-state index in [4.69, 9.17) is 9.47 Å². The second-order valence-corrected chi connectivity index (χ2v) is 8.11. The minimum Gasteiger partial charge on any atom is -0.462 e. The van der Waals surface area contributed by atoms with Gasteiger partial charge in [0.1, 0.15) is 0 Å². The van der Waals surface area contributed by atoms with E-state index in [1.54, 1.807) is 30.3 Å². The summed E-state index contributed by atoms with van der Waals surface area (Å²) in [5.41, 5.74) is 2.66. The third-order valence-electron chi connectivity index (χ3n) is 5.62. The van der Waals surface area contributed by atoms with E-state index < -0.39 is 30.4 Å². The fraction of sp³-hybridized carbons (Fsp3) is 0.385. The van der Waals surface area contributed by atoms with Gasteiger partial charge in [0, 0.05) is 24.3 Å². The number of aryl methyl sites for hydroxylation is 1. The zero-order valence-corrected chi connectivity index (χ0v) is 19.5. The molecule has 0 saturated carbocycles. The van der Waals surface area contributed by atoms with Crippen molar-refractivity contribution in [2.45, 2.75) is 39.5 Å². The number of carbonyl (C=O) groups is 4. The van der Waals surface area contributed by atoms with Crippen LogP contribution in [0.25, 0.3) is 0 Å². The maximum absolute atomic E-state index is 12.5. The monoisotopic (exact) mass is 466 g/mol. The first-order valence-electron chi connectivity index (χ1n) is 11.5. The molecule has 1 fully saturated rings. The molecule has 8 heteroatoms. The Morgan fingerprint density at radius 2 is 1.76 bits per heavy atom. The van der Waals surface area contributed by atoms with Crippen LogP contribution in [0.3, 0.4) is 0 Å². The van der Waals surface area contributed by atoms with E-state index in [2.05, 4.69) is 5.32 Å². The Morgan fingerprint density at radius 1 is 1.03 bits per heavy atom. The third-order valence-corrected chi connectivity index (χ3v) is 5.62. The third kappa shape index (κ3) is 6.43. The van der Waals surface area contributed by atoms with Crippen molar-refractivity contribution in [3.8, 4) is 0 Å². The van der Waals surface area contributed by atoms with Crippen LogP contribution in [0.4, 0.5) is 11.4 Å². The van der Waals surface area contributed by atoms with Crippen LogP contribution in [0.5, 0.6) is 0 Å². The van der Waals surface area contributed by atoms with E-state index in [1.165, 1.54) is 4.90 Å². The Hall–Kier alpha value is -3.68. The highest BCUT2D eigenvalue weighted by Gasteiger charge is 2.36. The second-order valence-electron chi connectivity index (χ2n) is 8.11. The lowest BCUT2D eigenvalue weighted by atomic mass is 10.1. The van der Waals surface area contributed by atoms with Crippen LogP contribution in [0.1, 0.15) is 49.0 Å². The molecule has 0 radical (unpaired) electrons. The maximum atomic E-state index is 12.5. The van der Waals surface area contributed by atoms with Gasteiger partial charge in [0.25, 0.3) is 5.91 Å². The smallest absolute Gasteiger partial charge is 0.338 e. The fourth-order valence-corrected chi connectivity index (χ4v) is 3.68. The highest BCUT2D eigenvalue weighted by molar-refractivity contribution is 6.00. The van der Waals surface area contributed by atoms with Gasteiger partial charge in [0.15, 0.2) is 6.61 Å². The lowest BCUT2D eigenvalue weighted by Crippen LogP contribution is -2.28. The Balaban J connectivity index is 1.51. The highest BCUT2D eigenvalue weighted by atomic mass is 16.5. The van der Waals surface area contributed by atoms with Crippen LogP contribution < -0.4 is 10.2 Å². The molecule has 1 aliphatic heterocycles. The summed E-state index contributed by atoms with van der Waals surface area (Å²) in [7, 11) is 0. The quantitative estimate of drug-likeness (QED) is 0.423. The molecule has 0 unspecified atom stereocenters. The van der Waals surface area contributed by atoms with Gasteiger partial charge in [0.05, 0.1) is 18.1 Å². The number of unbranched alkanes of at least 4 members (excludes halogenated alkanes) is 1. The molecule has 3 rings (SSSR count). The molecular formula is C26H30N2O6. The second kappa shape index (κ2) is 12.0. The standard InChI is InChI=1S/C26H30N2O6/c1-3-5-14-33-25(31)19-10-12-21(13-11-19)28-16-20(15-24(28)30)26(32)34-17-23(29)27-22-9-7-6-8-18(22)4-2/h6-13,20H,3-5,14-17H2,1-2H3,(H,27,29)/t20-/m1/s1. The van der Waals surface area contributed by atoms with Gasteiger partial charge in [0.2, 0.25) is 5.91 Å². The first kappa shape index (κ1) is 25.0. The number of anilines is 2. The molecule has 34 heavy (non-hydrogen) atoms. The van der Waals surface area contributed by atoms with Crippen molar-refractivity contribution in [1.29, 1.82) is 0 Å². The first-order chi connectivity index (χ1) is 16.4. The largest absolute Gasteiger partial charge is 0.462 e. The molecular weight excluding hydrogens is 436 g/mol. The number of ether oxygens (including phenoxy) is 2. The molecule has 0 aliphatic carbocycles. The normalized spacial score (nSPS) is 15.2. The van der Waals surface area contributed by atoms with Crippen LogP contribution in [0.15, 0.2) is 48.5 Å². The topological polar surface area (TPSA) is 102 Å². The molecule has 180 valence electrons. The summed E-state index contributed by atoms with van der Waals surface area (Å²) in [5.74, 6) is -2.32. The van der Waals surface area contributed by atoms with Crippen molar-refractivity contribution in [2.24, 2.45) is 5.92 Å². The molecule has 0 aromatic heterocycles. The van der Waals surface area contributed by atoms with Gasteiger partial charge >= 0.3 is 11.9 Å². The molecule has 1 atom stereocenters. The molecule has 2 aromatic rings. The van der Waals surface area contributed by atoms with Crippen LogP contribution in [-0.2, 0) is 30.3 Å². The SMILES string of the molecule is CCCCOC(=O)c1ccc(N2C[C@H](C(=O)OCC(=O)Nc3ccccc3CC)CC2=O)cc1. The van der Waals surface area contributed by atoms with Gasteiger partial charge in [-0.05, 0) is 48.7 Å². The number of nitrogens with zero attached hydrogens (tertiary/aromatic N) is 1. The predicted molar refractivity (Wildman–Crippen MR) is 128 cm³/mol. The number of hydrogen-bond donors (Lipinski definition) is 1. The van der Waals surface area contributed by atoms with Crippen molar-refractivity contribution < 1.29 is 28.7 Å². The van der Waals surface area contributed by atoms with Crippen LogP contribution in [0, 0.1) is 5.92 Å². The van der Waals surface area contributed by atoms with Gasteiger partial charge < -0.3 is 19.7 Å². The summed E-state index contributed by atoms with van der Waals surface area (Å²) in [5, 5.41) is 2.75. The Bertz CT molecular complexity index is 1030. The van der Waals surface area contributed by atoms with Gasteiger partial charge in [-0.2, -0.15) is 0 Å². The van der Waals surface area contributed by atoms with E-state index in [0.717, 1.165) is 24.8 Å². The van der Waals surface area contributed by atoms with E-state index in [-0.39, 0.29) is 18.9 Å². The van der Waals surface area contributed by atoms with Crippen molar-refractivity contribution >= 4 is 35.1 Å². The average molecular weight is 467 g/mol. The summed E-state index contributed by atoms with van der Waals surface area (Å²) in [6.07, 6.45) is 2.50. The molecule has 1 saturated heterocycles. The number of benzene rings is 2. The minimum atomic E-state index is -0.665. The number of esters is 2. The van der Waals surface area contributed by atoms with Gasteiger partial charge in [-0.15, -0.1) is 0 Å². The molecule has 2 aromatic carbocycles. The summed E-state index contributed by atoms with van der Waals surface area (Å²) in [4.78, 5) is 50.7. The Kier molecular flexibility index (Phi) is 8.79. The predicted octanol–water partition coefficient (Wildman–Crippen LogP) is 3.74. The summed E-state index contributed by atoms with van der Waals surface area (Å²) in [6, 6.07) is 13.9. The molecule has 0 bridgehead atoms. The van der Waals surface area contributed by atoms with Crippen molar-refractivity contribution in [1.82, 2.24) is 0 Å². The van der Waals surface area contributed by atoms with Crippen molar-refractivity contribution in [3.63, 3.8) is 0 Å². The van der Waals surface area contributed by atoms with E-state index in [1.807, 2.05) is 32.0 Å². The fourth-order valence-electron chi connectivity index (χ4n) is 3.68. The minimum absolute atomic E-state index is 0.0000681. The number of carbonyl (C=O) groups excluding carboxylic acids is 4. The number of para-hydroxylation sites is 1. The molecule has 8 nitrogen and oxygen atoms in total. The molecule has 2 amide bonds. The highest BCUT2D eigenvalue weighted by Crippen LogP contribution is 2.26. The number of hydrogen-bond acceptors (Lipinski definition) is 6. The summed E-state index contributed by atoms with van der Waals surface area (Å²) in [6.45, 7) is 4.10. The molecule has 0 spiro atoms. The zero-order valence-electron chi connectivity index (χ0n) is 19.5. The Morgan fingerprint density at radius 3 is 2.47 bits per heavy atom. The number of rotatable bonds is 10. The summed E-state index contributed by atoms with van der Waals surface area (Å²) >= 11 is 0. The number of amides is 2. The Labute approximate surface area is 199 Å². The first-order valence-corrected chi connectivity index (χ1v) is 11.5. The van der Waals surface area contributed by atoms with Crippen LogP contribution in [0.2, 0.25) is 0 Å². The lowest BCUT2D eigenvalue weighted by molar-refractivity contribution is -0.151. The van der Waals surface area contributed by atoms with Gasteiger partial charge in [-0.25, -0.2) is 4.79 Å². The van der Waals surface area contributed by atoms with Crippen molar-refractivity contribution in [2.75, 3.05) is 30.0 Å². The van der Waals surface area contributed by atoms with E-state index in [9.17, 15) is 19.2 Å². The maximum Gasteiger partial charge on any atom is 0.338 e. The molecule has 1 heterocycles.